The fourth-order valence-electron chi connectivity index (χ4n) is 4.47. The van der Waals surface area contributed by atoms with Gasteiger partial charge < -0.3 is 10.4 Å². The number of phenols is 1. The number of nitrogens with zero attached hydrogens (tertiary/aromatic N) is 3. The van der Waals surface area contributed by atoms with Crippen LogP contribution >= 0.6 is 0 Å². The summed E-state index contributed by atoms with van der Waals surface area (Å²) >= 11 is 0. The summed E-state index contributed by atoms with van der Waals surface area (Å²) in [6.45, 7) is 1.42. The molecule has 0 bridgehead atoms. The molecule has 1 aliphatic rings. The fourth-order valence-corrected chi connectivity index (χ4v) is 5.60. The molecular formula is C26H30F2N4O3S. The Kier molecular flexibility index (Phi) is 8.28. The van der Waals surface area contributed by atoms with Crippen molar-refractivity contribution in [1.29, 1.82) is 0 Å². The van der Waals surface area contributed by atoms with E-state index in [9.17, 15) is 22.3 Å². The normalized spacial score (nSPS) is 14.9. The molecule has 36 heavy (non-hydrogen) atoms. The molecule has 0 unspecified atom stereocenters. The summed E-state index contributed by atoms with van der Waals surface area (Å²) in [5.41, 5.74) is 2.36. The molecule has 0 spiro atoms. The van der Waals surface area contributed by atoms with Crippen molar-refractivity contribution in [2.75, 3.05) is 19.3 Å². The van der Waals surface area contributed by atoms with Gasteiger partial charge in [0.2, 0.25) is 10.0 Å². The molecular weight excluding hydrogens is 486 g/mol. The van der Waals surface area contributed by atoms with Crippen molar-refractivity contribution < 1.29 is 22.3 Å². The summed E-state index contributed by atoms with van der Waals surface area (Å²) in [5, 5.41) is 12.5. The number of aryl methyl sites for hydroxylation is 2. The number of aromatic hydroxyl groups is 1. The molecule has 0 saturated carbocycles. The summed E-state index contributed by atoms with van der Waals surface area (Å²) in [4.78, 5) is 8.92. The Morgan fingerprint density at radius 3 is 2.56 bits per heavy atom. The van der Waals surface area contributed by atoms with Gasteiger partial charge in [0.1, 0.15) is 11.6 Å². The highest BCUT2D eigenvalue weighted by Crippen LogP contribution is 2.25. The molecule has 0 amide bonds. The Morgan fingerprint density at radius 2 is 1.83 bits per heavy atom. The summed E-state index contributed by atoms with van der Waals surface area (Å²) in [5.74, 6) is -0.877. The van der Waals surface area contributed by atoms with Gasteiger partial charge in [0, 0.05) is 36.3 Å². The standard InChI is InChI=1S/C26H30F2N4O3S/c1-36(34,35)32(21-9-12-29-13-10-21)17-20-16-19(6-7-22(20)27)24-11-14-30-26(31-24)4-2-3-18-5-8-25(33)23(28)15-18/h5-8,11,14-16,21,29,33H,2-4,9-10,12-13,17H2,1H3. The Balaban J connectivity index is 1.48. The number of aromatic nitrogens is 2. The van der Waals surface area contributed by atoms with Crippen LogP contribution in [0.25, 0.3) is 11.3 Å². The van der Waals surface area contributed by atoms with Crippen molar-refractivity contribution in [1.82, 2.24) is 19.6 Å². The molecule has 0 radical (unpaired) electrons. The van der Waals surface area contributed by atoms with E-state index in [-0.39, 0.29) is 18.3 Å². The van der Waals surface area contributed by atoms with Gasteiger partial charge in [-0.3, -0.25) is 0 Å². The zero-order valence-electron chi connectivity index (χ0n) is 20.1. The van der Waals surface area contributed by atoms with Crippen LogP contribution in [0.3, 0.4) is 0 Å². The van der Waals surface area contributed by atoms with Crippen LogP contribution in [-0.2, 0) is 29.4 Å². The Hall–Kier alpha value is -2.95. The van der Waals surface area contributed by atoms with Crippen LogP contribution in [0.1, 0.15) is 36.2 Å². The van der Waals surface area contributed by atoms with E-state index in [4.69, 9.17) is 0 Å². The van der Waals surface area contributed by atoms with Crippen LogP contribution in [0.5, 0.6) is 5.75 Å². The van der Waals surface area contributed by atoms with Gasteiger partial charge in [-0.15, -0.1) is 0 Å². The van der Waals surface area contributed by atoms with Crippen LogP contribution < -0.4 is 5.32 Å². The Bertz CT molecular complexity index is 1310. The minimum Gasteiger partial charge on any atom is -0.505 e. The van der Waals surface area contributed by atoms with Crippen molar-refractivity contribution in [3.63, 3.8) is 0 Å². The monoisotopic (exact) mass is 516 g/mol. The van der Waals surface area contributed by atoms with Crippen molar-refractivity contribution >= 4 is 10.0 Å². The lowest BCUT2D eigenvalue weighted by Gasteiger charge is -2.33. The van der Waals surface area contributed by atoms with E-state index in [0.29, 0.717) is 54.7 Å². The lowest BCUT2D eigenvalue weighted by molar-refractivity contribution is 0.256. The van der Waals surface area contributed by atoms with E-state index in [0.717, 1.165) is 18.7 Å². The highest BCUT2D eigenvalue weighted by atomic mass is 32.2. The van der Waals surface area contributed by atoms with Crippen molar-refractivity contribution in [2.45, 2.75) is 44.7 Å². The highest BCUT2D eigenvalue weighted by Gasteiger charge is 2.29. The van der Waals surface area contributed by atoms with Crippen molar-refractivity contribution in [3.05, 3.63) is 77.2 Å². The molecule has 0 atom stereocenters. The van der Waals surface area contributed by atoms with Gasteiger partial charge in [-0.25, -0.2) is 27.2 Å². The van der Waals surface area contributed by atoms with E-state index in [1.807, 2.05) is 0 Å². The van der Waals surface area contributed by atoms with Crippen LogP contribution in [0.2, 0.25) is 0 Å². The largest absolute Gasteiger partial charge is 0.505 e. The van der Waals surface area contributed by atoms with Gasteiger partial charge in [0.25, 0.3) is 0 Å². The van der Waals surface area contributed by atoms with E-state index in [2.05, 4.69) is 15.3 Å². The summed E-state index contributed by atoms with van der Waals surface area (Å²) in [6, 6.07) is 10.5. The second-order valence-corrected chi connectivity index (χ2v) is 11.0. The van der Waals surface area contributed by atoms with Crippen molar-refractivity contribution in [3.8, 4) is 17.0 Å². The molecule has 10 heteroatoms. The third-order valence-corrected chi connectivity index (χ3v) is 7.67. The van der Waals surface area contributed by atoms with E-state index in [1.54, 1.807) is 30.5 Å². The maximum atomic E-state index is 14.8. The lowest BCUT2D eigenvalue weighted by atomic mass is 10.0. The number of hydrogen-bond donors (Lipinski definition) is 2. The Labute approximate surface area is 210 Å². The SMILES string of the molecule is CS(=O)(=O)N(Cc1cc(-c2ccnc(CCCc3ccc(O)c(F)c3)n2)ccc1F)C1CCNCC1. The number of phenolic OH excluding ortho intramolecular Hbond substituents is 1. The maximum absolute atomic E-state index is 14.8. The summed E-state index contributed by atoms with van der Waals surface area (Å²) in [6.07, 6.45) is 6.01. The number of hydrogen-bond acceptors (Lipinski definition) is 6. The number of halogens is 2. The molecule has 4 rings (SSSR count). The molecule has 1 fully saturated rings. The summed E-state index contributed by atoms with van der Waals surface area (Å²) < 4.78 is 54.7. The number of benzene rings is 2. The molecule has 2 aromatic carbocycles. The third kappa shape index (κ3) is 6.63. The Morgan fingerprint density at radius 1 is 1.06 bits per heavy atom. The molecule has 1 saturated heterocycles. The van der Waals surface area contributed by atoms with Gasteiger partial charge in [0.15, 0.2) is 11.6 Å². The minimum atomic E-state index is -3.53. The average Bonchev–Trinajstić information content (AvgIpc) is 2.85. The molecule has 192 valence electrons. The van der Waals surface area contributed by atoms with Crippen molar-refractivity contribution in [2.24, 2.45) is 0 Å². The predicted molar refractivity (Wildman–Crippen MR) is 134 cm³/mol. The quantitative estimate of drug-likeness (QED) is 0.449. The van der Waals surface area contributed by atoms with Gasteiger partial charge in [-0.2, -0.15) is 4.31 Å². The summed E-state index contributed by atoms with van der Waals surface area (Å²) in [7, 11) is -3.53. The topological polar surface area (TPSA) is 95.4 Å². The number of piperidine rings is 1. The molecule has 3 aromatic rings. The first-order valence-electron chi connectivity index (χ1n) is 12.0. The second kappa shape index (κ2) is 11.4. The first-order valence-corrected chi connectivity index (χ1v) is 13.8. The van der Waals surface area contributed by atoms with E-state index < -0.39 is 21.7 Å². The number of rotatable bonds is 9. The predicted octanol–water partition coefficient (Wildman–Crippen LogP) is 3.82. The zero-order valence-corrected chi connectivity index (χ0v) is 20.9. The molecule has 0 aliphatic carbocycles. The second-order valence-electron chi connectivity index (χ2n) is 9.09. The minimum absolute atomic E-state index is 0.0374. The molecule has 2 heterocycles. The van der Waals surface area contributed by atoms with Gasteiger partial charge >= 0.3 is 0 Å². The molecule has 1 aromatic heterocycles. The fraction of sp³-hybridized carbons (Fsp3) is 0.385. The van der Waals surface area contributed by atoms with Crippen LogP contribution in [0, 0.1) is 11.6 Å². The van der Waals surface area contributed by atoms with Gasteiger partial charge in [0.05, 0.1) is 11.9 Å². The van der Waals surface area contributed by atoms with E-state index >= 15 is 0 Å². The highest BCUT2D eigenvalue weighted by molar-refractivity contribution is 7.88. The number of sulfonamides is 1. The number of nitrogens with one attached hydrogen (secondary N) is 1. The van der Waals surface area contributed by atoms with Gasteiger partial charge in [-0.1, -0.05) is 6.07 Å². The van der Waals surface area contributed by atoms with Crippen LogP contribution in [-0.4, -0.2) is 53.2 Å². The smallest absolute Gasteiger partial charge is 0.211 e. The van der Waals surface area contributed by atoms with Crippen LogP contribution in [0.15, 0.2) is 48.7 Å². The first kappa shape index (κ1) is 26.1. The average molecular weight is 517 g/mol. The maximum Gasteiger partial charge on any atom is 0.211 e. The molecule has 1 aliphatic heterocycles. The molecule has 2 N–H and O–H groups in total. The van der Waals surface area contributed by atoms with Crippen LogP contribution in [0.4, 0.5) is 8.78 Å². The van der Waals surface area contributed by atoms with Gasteiger partial charge in [-0.05, 0) is 80.7 Å². The lowest BCUT2D eigenvalue weighted by Crippen LogP contribution is -2.45. The zero-order chi connectivity index (χ0) is 25.7. The first-order chi connectivity index (χ1) is 17.2. The van der Waals surface area contributed by atoms with E-state index in [1.165, 1.54) is 28.8 Å². The molecule has 7 nitrogen and oxygen atoms in total. The third-order valence-electron chi connectivity index (χ3n) is 6.39.